The summed E-state index contributed by atoms with van der Waals surface area (Å²) < 4.78 is 5.81. The fraction of sp³-hybridized carbons (Fsp3) is 0.789. The van der Waals surface area contributed by atoms with Gasteiger partial charge in [-0.1, -0.05) is 27.7 Å². The summed E-state index contributed by atoms with van der Waals surface area (Å²) in [5, 5.41) is 6.68. The van der Waals surface area contributed by atoms with Crippen LogP contribution in [0.1, 0.15) is 39.3 Å². The average molecular weight is 492 g/mol. The number of hydrogen-bond acceptors (Lipinski definition) is 5. The Balaban J connectivity index is 0.00000364. The quantitative estimate of drug-likeness (QED) is 0.361. The lowest BCUT2D eigenvalue weighted by atomic mass is 9.94. The van der Waals surface area contributed by atoms with E-state index in [9.17, 15) is 0 Å². The largest absolute Gasteiger partial charge is 0.443 e. The SMILES string of the molecule is CN=C(NCc1ncc(C(C)(C)C)o1)NCC(C)CN1CCN(C)CC1.I. The first-order valence-corrected chi connectivity index (χ1v) is 9.58. The first kappa shape index (κ1) is 24.2. The normalized spacial score (nSPS) is 18.1. The molecule has 0 saturated carbocycles. The lowest BCUT2D eigenvalue weighted by molar-refractivity contribution is 0.139. The molecule has 1 aromatic heterocycles. The summed E-state index contributed by atoms with van der Waals surface area (Å²) in [5.41, 5.74) is -0.0239. The summed E-state index contributed by atoms with van der Waals surface area (Å²) in [4.78, 5) is 13.6. The van der Waals surface area contributed by atoms with Crippen molar-refractivity contribution in [3.05, 3.63) is 17.8 Å². The van der Waals surface area contributed by atoms with Gasteiger partial charge < -0.3 is 24.9 Å². The zero-order chi connectivity index (χ0) is 19.2. The maximum atomic E-state index is 5.81. The second-order valence-electron chi connectivity index (χ2n) is 8.38. The Morgan fingerprint density at radius 3 is 2.48 bits per heavy atom. The molecule has 8 heteroatoms. The molecule has 0 radical (unpaired) electrons. The summed E-state index contributed by atoms with van der Waals surface area (Å²) in [6.07, 6.45) is 1.81. The van der Waals surface area contributed by atoms with Gasteiger partial charge in [0.05, 0.1) is 12.7 Å². The van der Waals surface area contributed by atoms with Gasteiger partial charge in [-0.25, -0.2) is 4.98 Å². The van der Waals surface area contributed by atoms with E-state index in [1.165, 1.54) is 0 Å². The number of rotatable bonds is 6. The van der Waals surface area contributed by atoms with Crippen LogP contribution < -0.4 is 10.6 Å². The standard InChI is InChI=1S/C19H36N6O.HI/c1-15(14-25-9-7-24(6)8-10-25)11-22-18(20-5)23-13-17-21-12-16(26-17)19(2,3)4;/h12,15H,7-11,13-14H2,1-6H3,(H2,20,22,23);1H. The smallest absolute Gasteiger partial charge is 0.213 e. The van der Waals surface area contributed by atoms with Crippen LogP contribution >= 0.6 is 24.0 Å². The van der Waals surface area contributed by atoms with Crippen LogP contribution in [0.15, 0.2) is 15.6 Å². The van der Waals surface area contributed by atoms with Crippen molar-refractivity contribution in [2.75, 3.05) is 53.4 Å². The van der Waals surface area contributed by atoms with Crippen LogP contribution in [0.5, 0.6) is 0 Å². The van der Waals surface area contributed by atoms with Gasteiger partial charge in [0.1, 0.15) is 5.76 Å². The molecule has 1 atom stereocenters. The second-order valence-corrected chi connectivity index (χ2v) is 8.38. The number of nitrogens with zero attached hydrogens (tertiary/aromatic N) is 4. The number of likely N-dealkylation sites (N-methyl/N-ethyl adjacent to an activating group) is 1. The lowest BCUT2D eigenvalue weighted by Gasteiger charge is -2.34. The molecule has 1 fully saturated rings. The highest BCUT2D eigenvalue weighted by atomic mass is 127. The molecule has 1 aromatic rings. The van der Waals surface area contributed by atoms with Crippen molar-refractivity contribution in [3.63, 3.8) is 0 Å². The van der Waals surface area contributed by atoms with Crippen LogP contribution in [-0.2, 0) is 12.0 Å². The number of hydrogen-bond donors (Lipinski definition) is 2. The number of guanidine groups is 1. The third-order valence-electron chi connectivity index (χ3n) is 4.71. The van der Waals surface area contributed by atoms with Crippen LogP contribution in [-0.4, -0.2) is 74.1 Å². The molecular formula is C19H37IN6O. The van der Waals surface area contributed by atoms with Crippen LogP contribution in [0.25, 0.3) is 0 Å². The summed E-state index contributed by atoms with van der Waals surface area (Å²) in [6, 6.07) is 0. The predicted molar refractivity (Wildman–Crippen MR) is 122 cm³/mol. The van der Waals surface area contributed by atoms with Gasteiger partial charge >= 0.3 is 0 Å². The molecule has 0 amide bonds. The molecular weight excluding hydrogens is 455 g/mol. The summed E-state index contributed by atoms with van der Waals surface area (Å²) in [6.45, 7) is 15.8. The number of halogens is 1. The summed E-state index contributed by atoms with van der Waals surface area (Å²) >= 11 is 0. The van der Waals surface area contributed by atoms with E-state index in [1.807, 2.05) is 6.20 Å². The van der Waals surface area contributed by atoms with E-state index >= 15 is 0 Å². The molecule has 1 saturated heterocycles. The molecule has 0 spiro atoms. The Labute approximate surface area is 181 Å². The highest BCUT2D eigenvalue weighted by Gasteiger charge is 2.19. The first-order chi connectivity index (χ1) is 12.3. The number of piperazine rings is 1. The molecule has 27 heavy (non-hydrogen) atoms. The van der Waals surface area contributed by atoms with Crippen molar-refractivity contribution in [3.8, 4) is 0 Å². The van der Waals surface area contributed by atoms with Crippen LogP contribution in [0, 0.1) is 5.92 Å². The Bertz CT molecular complexity index is 575. The van der Waals surface area contributed by atoms with Crippen LogP contribution in [0.4, 0.5) is 0 Å². The highest BCUT2D eigenvalue weighted by Crippen LogP contribution is 2.22. The van der Waals surface area contributed by atoms with E-state index in [2.05, 4.69) is 65.2 Å². The van der Waals surface area contributed by atoms with Crippen molar-refractivity contribution in [1.29, 1.82) is 0 Å². The lowest BCUT2D eigenvalue weighted by Crippen LogP contribution is -2.47. The van der Waals surface area contributed by atoms with Gasteiger partial charge in [-0.15, -0.1) is 24.0 Å². The second kappa shape index (κ2) is 11.2. The van der Waals surface area contributed by atoms with Gasteiger partial charge in [0.2, 0.25) is 5.89 Å². The molecule has 156 valence electrons. The van der Waals surface area contributed by atoms with Crippen molar-refractivity contribution >= 4 is 29.9 Å². The molecule has 0 bridgehead atoms. The Kier molecular flexibility index (Phi) is 10.0. The maximum Gasteiger partial charge on any atom is 0.213 e. The molecule has 2 heterocycles. The minimum Gasteiger partial charge on any atom is -0.443 e. The fourth-order valence-electron chi connectivity index (χ4n) is 2.93. The zero-order valence-electron chi connectivity index (χ0n) is 17.7. The monoisotopic (exact) mass is 492 g/mol. The van der Waals surface area contributed by atoms with Gasteiger partial charge in [-0.2, -0.15) is 0 Å². The fourth-order valence-corrected chi connectivity index (χ4v) is 2.93. The predicted octanol–water partition coefficient (Wildman–Crippen LogP) is 2.14. The Morgan fingerprint density at radius 2 is 1.93 bits per heavy atom. The first-order valence-electron chi connectivity index (χ1n) is 9.58. The summed E-state index contributed by atoms with van der Waals surface area (Å²) in [7, 11) is 3.98. The Hall–Kier alpha value is -0.870. The van der Waals surface area contributed by atoms with Crippen molar-refractivity contribution < 1.29 is 4.42 Å². The molecule has 2 N–H and O–H groups in total. The van der Waals surface area contributed by atoms with Gasteiger partial charge in [0, 0.05) is 51.7 Å². The molecule has 0 aliphatic carbocycles. The van der Waals surface area contributed by atoms with Gasteiger partial charge in [0.25, 0.3) is 0 Å². The number of aromatic nitrogens is 1. The maximum absolute atomic E-state index is 5.81. The molecule has 1 unspecified atom stereocenters. The molecule has 1 aliphatic rings. The van der Waals surface area contributed by atoms with E-state index in [0.29, 0.717) is 18.4 Å². The molecule has 2 rings (SSSR count). The van der Waals surface area contributed by atoms with Crippen LogP contribution in [0.2, 0.25) is 0 Å². The molecule has 7 nitrogen and oxygen atoms in total. The van der Waals surface area contributed by atoms with Crippen molar-refractivity contribution in [1.82, 2.24) is 25.4 Å². The third kappa shape index (κ3) is 8.35. The van der Waals surface area contributed by atoms with Gasteiger partial charge in [0.15, 0.2) is 5.96 Å². The zero-order valence-corrected chi connectivity index (χ0v) is 20.0. The van der Waals surface area contributed by atoms with Gasteiger partial charge in [-0.3, -0.25) is 4.99 Å². The van der Waals surface area contributed by atoms with Gasteiger partial charge in [-0.05, 0) is 13.0 Å². The number of aliphatic imine (C=N–C) groups is 1. The summed E-state index contributed by atoms with van der Waals surface area (Å²) in [5.74, 6) is 2.93. The van der Waals surface area contributed by atoms with E-state index < -0.39 is 0 Å². The van der Waals surface area contributed by atoms with E-state index in [0.717, 1.165) is 51.0 Å². The molecule has 0 aromatic carbocycles. The van der Waals surface area contributed by atoms with E-state index in [4.69, 9.17) is 4.42 Å². The highest BCUT2D eigenvalue weighted by molar-refractivity contribution is 14.0. The minimum absolute atomic E-state index is 0. The van der Waals surface area contributed by atoms with Crippen molar-refractivity contribution in [2.45, 2.75) is 39.7 Å². The number of oxazole rings is 1. The van der Waals surface area contributed by atoms with Crippen molar-refractivity contribution in [2.24, 2.45) is 10.9 Å². The Morgan fingerprint density at radius 1 is 1.26 bits per heavy atom. The average Bonchev–Trinajstić information content (AvgIpc) is 3.06. The van der Waals surface area contributed by atoms with Crippen LogP contribution in [0.3, 0.4) is 0 Å². The third-order valence-corrected chi connectivity index (χ3v) is 4.71. The van der Waals surface area contributed by atoms with E-state index in [-0.39, 0.29) is 29.4 Å². The number of nitrogens with one attached hydrogen (secondary N) is 2. The minimum atomic E-state index is -0.0239. The topological polar surface area (TPSA) is 68.9 Å². The van der Waals surface area contributed by atoms with E-state index in [1.54, 1.807) is 7.05 Å². The molecule has 1 aliphatic heterocycles.